The van der Waals surface area contributed by atoms with Crippen molar-refractivity contribution < 1.29 is 17.9 Å². The van der Waals surface area contributed by atoms with E-state index in [1.807, 2.05) is 0 Å². The minimum absolute atomic E-state index is 0.0985. The maximum absolute atomic E-state index is 12.1. The van der Waals surface area contributed by atoms with Crippen molar-refractivity contribution in [2.75, 3.05) is 11.9 Å². The molecule has 21 heavy (non-hydrogen) atoms. The molecule has 2 rings (SSSR count). The fraction of sp³-hybridized carbons (Fsp3) is 0.462. The lowest BCUT2D eigenvalue weighted by atomic mass is 10.1. The van der Waals surface area contributed by atoms with Gasteiger partial charge in [-0.05, 0) is 43.9 Å². The molecule has 1 N–H and O–H groups in total. The van der Waals surface area contributed by atoms with Crippen molar-refractivity contribution in [1.29, 1.82) is 0 Å². The monoisotopic (exact) mass is 351 g/mol. The Labute approximate surface area is 133 Å². The van der Waals surface area contributed by atoms with E-state index in [9.17, 15) is 13.2 Å². The number of anilines is 1. The van der Waals surface area contributed by atoms with Crippen LogP contribution in [0.2, 0.25) is 5.02 Å². The van der Waals surface area contributed by atoms with Crippen molar-refractivity contribution >= 4 is 42.9 Å². The second-order valence-corrected chi connectivity index (χ2v) is 7.85. The SMILES string of the molecule is Cc1cc(S(=O)(=O)Cl)cc(Cl)c1NC(=O)C1CCCCO1. The number of hydrogen-bond acceptors (Lipinski definition) is 4. The van der Waals surface area contributed by atoms with Gasteiger partial charge in [-0.15, -0.1) is 0 Å². The fourth-order valence-electron chi connectivity index (χ4n) is 2.16. The maximum atomic E-state index is 12.1. The summed E-state index contributed by atoms with van der Waals surface area (Å²) in [5.41, 5.74) is 0.894. The highest BCUT2D eigenvalue weighted by Crippen LogP contribution is 2.31. The Hall–Kier alpha value is -0.820. The summed E-state index contributed by atoms with van der Waals surface area (Å²) in [4.78, 5) is 12.0. The van der Waals surface area contributed by atoms with Crippen LogP contribution in [0.3, 0.4) is 0 Å². The number of benzene rings is 1. The van der Waals surface area contributed by atoms with Gasteiger partial charge in [0, 0.05) is 17.3 Å². The molecule has 1 aliphatic rings. The van der Waals surface area contributed by atoms with Gasteiger partial charge in [0.2, 0.25) is 0 Å². The number of carbonyl (C=O) groups is 1. The molecule has 1 aromatic carbocycles. The molecule has 0 bridgehead atoms. The summed E-state index contributed by atoms with van der Waals surface area (Å²) in [7, 11) is 1.43. The Bertz CT molecular complexity index is 631. The third kappa shape index (κ3) is 4.10. The molecule has 116 valence electrons. The summed E-state index contributed by atoms with van der Waals surface area (Å²) in [5, 5.41) is 2.82. The van der Waals surface area contributed by atoms with Crippen molar-refractivity contribution in [3.05, 3.63) is 22.7 Å². The van der Waals surface area contributed by atoms with E-state index in [-0.39, 0.29) is 15.8 Å². The number of halogens is 2. The van der Waals surface area contributed by atoms with Crippen LogP contribution >= 0.6 is 22.3 Å². The molecule has 1 amide bonds. The Morgan fingerprint density at radius 2 is 2.10 bits per heavy atom. The molecule has 0 aliphatic carbocycles. The lowest BCUT2D eigenvalue weighted by Crippen LogP contribution is -2.33. The van der Waals surface area contributed by atoms with E-state index >= 15 is 0 Å². The number of rotatable bonds is 3. The van der Waals surface area contributed by atoms with Crippen molar-refractivity contribution in [2.24, 2.45) is 0 Å². The molecular formula is C13H15Cl2NO4S. The Morgan fingerprint density at radius 1 is 1.38 bits per heavy atom. The van der Waals surface area contributed by atoms with Crippen LogP contribution in [-0.2, 0) is 18.6 Å². The molecular weight excluding hydrogens is 337 g/mol. The van der Waals surface area contributed by atoms with Crippen molar-refractivity contribution in [3.63, 3.8) is 0 Å². The number of amides is 1. The predicted octanol–water partition coefficient (Wildman–Crippen LogP) is 3.08. The quantitative estimate of drug-likeness (QED) is 0.849. The molecule has 5 nitrogen and oxygen atoms in total. The molecule has 1 saturated heterocycles. The van der Waals surface area contributed by atoms with E-state index in [2.05, 4.69) is 5.32 Å². The largest absolute Gasteiger partial charge is 0.368 e. The lowest BCUT2D eigenvalue weighted by Gasteiger charge is -2.22. The maximum Gasteiger partial charge on any atom is 0.261 e. The first-order valence-electron chi connectivity index (χ1n) is 6.46. The smallest absolute Gasteiger partial charge is 0.261 e. The summed E-state index contributed by atoms with van der Waals surface area (Å²) in [6.07, 6.45) is 2.06. The zero-order chi connectivity index (χ0) is 15.6. The van der Waals surface area contributed by atoms with Crippen LogP contribution < -0.4 is 5.32 Å². The molecule has 1 atom stereocenters. The second-order valence-electron chi connectivity index (χ2n) is 4.88. The first kappa shape index (κ1) is 16.5. The standard InChI is InChI=1S/C13H15Cl2NO4S/c1-8-6-9(21(15,18)19)7-10(14)12(8)16-13(17)11-4-2-3-5-20-11/h6-7,11H,2-5H2,1H3,(H,16,17). The van der Waals surface area contributed by atoms with Crippen molar-refractivity contribution in [1.82, 2.24) is 0 Å². The number of ether oxygens (including phenoxy) is 1. The van der Waals surface area contributed by atoms with Crippen LogP contribution in [0, 0.1) is 6.92 Å². The zero-order valence-corrected chi connectivity index (χ0v) is 13.7. The minimum atomic E-state index is -3.86. The highest BCUT2D eigenvalue weighted by atomic mass is 35.7. The van der Waals surface area contributed by atoms with Gasteiger partial charge in [-0.2, -0.15) is 0 Å². The Kier molecular flexibility index (Phi) is 5.14. The molecule has 0 aromatic heterocycles. The van der Waals surface area contributed by atoms with E-state index in [4.69, 9.17) is 27.0 Å². The van der Waals surface area contributed by atoms with E-state index in [0.29, 0.717) is 24.3 Å². The van der Waals surface area contributed by atoms with Crippen LogP contribution in [0.25, 0.3) is 0 Å². The normalized spacial score (nSPS) is 19.3. The van der Waals surface area contributed by atoms with Crippen LogP contribution in [-0.4, -0.2) is 27.0 Å². The lowest BCUT2D eigenvalue weighted by molar-refractivity contribution is -0.129. The average molecular weight is 352 g/mol. The summed E-state index contributed by atoms with van der Waals surface area (Å²) in [6, 6.07) is 2.58. The van der Waals surface area contributed by atoms with Gasteiger partial charge in [-0.1, -0.05) is 11.6 Å². The Balaban J connectivity index is 2.22. The molecule has 0 spiro atoms. The highest BCUT2D eigenvalue weighted by molar-refractivity contribution is 8.13. The number of hydrogen-bond donors (Lipinski definition) is 1. The van der Waals surface area contributed by atoms with E-state index in [1.165, 1.54) is 12.1 Å². The topological polar surface area (TPSA) is 72.5 Å². The van der Waals surface area contributed by atoms with Gasteiger partial charge in [0.25, 0.3) is 15.0 Å². The molecule has 0 radical (unpaired) electrons. The van der Waals surface area contributed by atoms with Crippen LogP contribution in [0.15, 0.2) is 17.0 Å². The van der Waals surface area contributed by atoms with E-state index in [0.717, 1.165) is 12.8 Å². The highest BCUT2D eigenvalue weighted by Gasteiger charge is 2.24. The number of carbonyl (C=O) groups excluding carboxylic acids is 1. The average Bonchev–Trinajstić information content (AvgIpc) is 2.42. The van der Waals surface area contributed by atoms with Crippen LogP contribution in [0.4, 0.5) is 5.69 Å². The zero-order valence-electron chi connectivity index (χ0n) is 11.4. The van der Waals surface area contributed by atoms with E-state index < -0.39 is 15.2 Å². The molecule has 0 saturated carbocycles. The summed E-state index contributed by atoms with van der Waals surface area (Å²) in [5.74, 6) is -0.277. The first-order valence-corrected chi connectivity index (χ1v) is 9.15. The van der Waals surface area contributed by atoms with Gasteiger partial charge in [-0.3, -0.25) is 4.79 Å². The molecule has 1 heterocycles. The van der Waals surface area contributed by atoms with Crippen LogP contribution in [0.1, 0.15) is 24.8 Å². The summed E-state index contributed by atoms with van der Waals surface area (Å²) in [6.45, 7) is 2.21. The number of nitrogens with one attached hydrogen (secondary N) is 1. The van der Waals surface area contributed by atoms with Gasteiger partial charge in [-0.25, -0.2) is 8.42 Å². The molecule has 1 unspecified atom stereocenters. The molecule has 8 heteroatoms. The van der Waals surface area contributed by atoms with Gasteiger partial charge < -0.3 is 10.1 Å². The summed E-state index contributed by atoms with van der Waals surface area (Å²) < 4.78 is 28.0. The third-order valence-electron chi connectivity index (χ3n) is 3.26. The third-order valence-corrected chi connectivity index (χ3v) is 4.89. The van der Waals surface area contributed by atoms with Gasteiger partial charge in [0.05, 0.1) is 15.6 Å². The van der Waals surface area contributed by atoms with Gasteiger partial charge in [0.1, 0.15) is 6.10 Å². The first-order chi connectivity index (χ1) is 9.79. The second kappa shape index (κ2) is 6.52. The molecule has 1 aromatic rings. The van der Waals surface area contributed by atoms with Crippen molar-refractivity contribution in [3.8, 4) is 0 Å². The van der Waals surface area contributed by atoms with E-state index in [1.54, 1.807) is 6.92 Å². The number of aryl methyl sites for hydroxylation is 1. The predicted molar refractivity (Wildman–Crippen MR) is 81.4 cm³/mol. The summed E-state index contributed by atoms with van der Waals surface area (Å²) >= 11 is 6.05. The van der Waals surface area contributed by atoms with Gasteiger partial charge in [0.15, 0.2) is 0 Å². The van der Waals surface area contributed by atoms with Gasteiger partial charge >= 0.3 is 0 Å². The Morgan fingerprint density at radius 3 is 2.62 bits per heavy atom. The molecule has 1 aliphatic heterocycles. The molecule has 1 fully saturated rings. The minimum Gasteiger partial charge on any atom is -0.368 e. The van der Waals surface area contributed by atoms with Crippen LogP contribution in [0.5, 0.6) is 0 Å². The fourth-order valence-corrected chi connectivity index (χ4v) is 3.38. The van der Waals surface area contributed by atoms with Crippen molar-refractivity contribution in [2.45, 2.75) is 37.2 Å².